The molecular weight excluding hydrogens is 218 g/mol. The maximum Gasteiger partial charge on any atom is 0.132 e. The van der Waals surface area contributed by atoms with Crippen LogP contribution in [0.2, 0.25) is 0 Å². The average Bonchev–Trinajstić information content (AvgIpc) is 2.77. The van der Waals surface area contributed by atoms with E-state index in [0.29, 0.717) is 0 Å². The van der Waals surface area contributed by atoms with Gasteiger partial charge in [-0.1, -0.05) is 6.08 Å². The number of ether oxygens (including phenoxy) is 1. The minimum atomic E-state index is 0.133. The molecule has 0 bridgehead atoms. The van der Waals surface area contributed by atoms with E-state index in [1.807, 2.05) is 6.20 Å². The van der Waals surface area contributed by atoms with E-state index in [1.54, 1.807) is 11.3 Å². The number of rotatable bonds is 1. The van der Waals surface area contributed by atoms with Crippen LogP contribution >= 0.6 is 11.3 Å². The molecule has 3 heterocycles. The fourth-order valence-corrected chi connectivity index (χ4v) is 3.29. The monoisotopic (exact) mass is 233 g/mol. The summed E-state index contributed by atoms with van der Waals surface area (Å²) < 4.78 is 5.93. The van der Waals surface area contributed by atoms with Gasteiger partial charge in [0.05, 0.1) is 6.61 Å². The number of fused-ring (bicyclic) bond motifs is 1. The van der Waals surface area contributed by atoms with Crippen LogP contribution < -0.4 is 5.32 Å². The first-order chi connectivity index (χ1) is 7.86. The van der Waals surface area contributed by atoms with Crippen molar-refractivity contribution < 1.29 is 4.74 Å². The van der Waals surface area contributed by atoms with E-state index in [4.69, 9.17) is 4.74 Å². The van der Waals surface area contributed by atoms with E-state index in [0.717, 1.165) is 19.4 Å². The lowest BCUT2D eigenvalue weighted by Gasteiger charge is -2.28. The van der Waals surface area contributed by atoms with Gasteiger partial charge >= 0.3 is 0 Å². The highest BCUT2D eigenvalue weighted by atomic mass is 32.1. The van der Waals surface area contributed by atoms with Crippen molar-refractivity contribution in [1.82, 2.24) is 5.32 Å². The molecule has 1 aromatic rings. The van der Waals surface area contributed by atoms with Crippen LogP contribution in [-0.4, -0.2) is 6.61 Å². The fraction of sp³-hybridized carbons (Fsp3) is 0.385. The first-order valence-electron chi connectivity index (χ1n) is 5.65. The van der Waals surface area contributed by atoms with Crippen molar-refractivity contribution >= 4 is 11.3 Å². The zero-order chi connectivity index (χ0) is 11.0. The molecule has 0 saturated heterocycles. The van der Waals surface area contributed by atoms with Crippen molar-refractivity contribution in [2.45, 2.75) is 25.9 Å². The molecule has 0 fully saturated rings. The van der Waals surface area contributed by atoms with Crippen molar-refractivity contribution in [3.05, 3.63) is 45.4 Å². The zero-order valence-electron chi connectivity index (χ0n) is 9.32. The molecule has 1 atom stereocenters. The molecule has 0 radical (unpaired) electrons. The SMILES string of the molecule is CC1=C([C@H]2OCCc3ccsc32)NC=CC1. The third-order valence-electron chi connectivity index (χ3n) is 3.18. The Morgan fingerprint density at radius 3 is 3.31 bits per heavy atom. The van der Waals surface area contributed by atoms with Crippen LogP contribution in [0.4, 0.5) is 0 Å². The quantitative estimate of drug-likeness (QED) is 0.804. The molecule has 0 saturated carbocycles. The van der Waals surface area contributed by atoms with Crippen molar-refractivity contribution in [2.24, 2.45) is 0 Å². The van der Waals surface area contributed by atoms with E-state index in [-0.39, 0.29) is 6.10 Å². The standard InChI is InChI=1S/C13H15NOS/c1-9-3-2-6-14-11(9)12-13-10(4-7-15-12)5-8-16-13/h2,5-6,8,12,14H,3-4,7H2,1H3/t12-/m1/s1. The van der Waals surface area contributed by atoms with Crippen LogP contribution in [-0.2, 0) is 11.2 Å². The minimum Gasteiger partial charge on any atom is -0.366 e. The largest absolute Gasteiger partial charge is 0.366 e. The predicted octanol–water partition coefficient (Wildman–Crippen LogP) is 3.14. The summed E-state index contributed by atoms with van der Waals surface area (Å²) in [7, 11) is 0. The van der Waals surface area contributed by atoms with Gasteiger partial charge in [-0.25, -0.2) is 0 Å². The average molecular weight is 233 g/mol. The Morgan fingerprint density at radius 2 is 2.44 bits per heavy atom. The smallest absolute Gasteiger partial charge is 0.132 e. The predicted molar refractivity (Wildman–Crippen MR) is 66.3 cm³/mol. The minimum absolute atomic E-state index is 0.133. The lowest BCUT2D eigenvalue weighted by Crippen LogP contribution is -2.24. The molecule has 0 spiro atoms. The first-order valence-corrected chi connectivity index (χ1v) is 6.53. The summed E-state index contributed by atoms with van der Waals surface area (Å²) in [5, 5.41) is 5.52. The summed E-state index contributed by atoms with van der Waals surface area (Å²) in [4.78, 5) is 1.38. The van der Waals surface area contributed by atoms with Crippen molar-refractivity contribution in [3.8, 4) is 0 Å². The van der Waals surface area contributed by atoms with Crippen LogP contribution in [0.3, 0.4) is 0 Å². The van der Waals surface area contributed by atoms with Gasteiger partial charge in [-0.15, -0.1) is 11.3 Å². The second-order valence-corrected chi connectivity index (χ2v) is 5.20. The van der Waals surface area contributed by atoms with Gasteiger partial charge in [-0.3, -0.25) is 0 Å². The topological polar surface area (TPSA) is 21.3 Å². The summed E-state index contributed by atoms with van der Waals surface area (Å²) in [6, 6.07) is 2.23. The van der Waals surface area contributed by atoms with Gasteiger partial charge in [0.2, 0.25) is 0 Å². The number of nitrogens with one attached hydrogen (secondary N) is 1. The Balaban J connectivity index is 1.98. The van der Waals surface area contributed by atoms with Crippen LogP contribution in [0.25, 0.3) is 0 Å². The molecule has 1 aromatic heterocycles. The van der Waals surface area contributed by atoms with Crippen LogP contribution in [0.1, 0.15) is 29.9 Å². The Bertz CT molecular complexity index is 458. The highest BCUT2D eigenvalue weighted by Crippen LogP contribution is 2.37. The molecule has 2 nitrogen and oxygen atoms in total. The molecule has 1 N–H and O–H groups in total. The van der Waals surface area contributed by atoms with E-state index >= 15 is 0 Å². The Kier molecular flexibility index (Phi) is 2.58. The first kappa shape index (κ1) is 10.1. The van der Waals surface area contributed by atoms with E-state index in [9.17, 15) is 0 Å². The number of dihydropyridines is 1. The van der Waals surface area contributed by atoms with Gasteiger partial charge < -0.3 is 10.1 Å². The van der Waals surface area contributed by atoms with Crippen molar-refractivity contribution in [3.63, 3.8) is 0 Å². The maximum absolute atomic E-state index is 5.93. The fourth-order valence-electron chi connectivity index (χ4n) is 2.28. The number of hydrogen-bond donors (Lipinski definition) is 1. The summed E-state index contributed by atoms with van der Waals surface area (Å²) in [6.45, 7) is 3.01. The zero-order valence-corrected chi connectivity index (χ0v) is 10.1. The highest BCUT2D eigenvalue weighted by molar-refractivity contribution is 7.10. The van der Waals surface area contributed by atoms with Gasteiger partial charge in [-0.2, -0.15) is 0 Å². The summed E-state index contributed by atoms with van der Waals surface area (Å²) in [5.74, 6) is 0. The number of hydrogen-bond acceptors (Lipinski definition) is 3. The second-order valence-electron chi connectivity index (χ2n) is 4.26. The Labute approximate surface area is 99.6 Å². The van der Waals surface area contributed by atoms with Gasteiger partial charge in [0.25, 0.3) is 0 Å². The van der Waals surface area contributed by atoms with E-state index in [1.165, 1.54) is 21.7 Å². The normalized spacial score (nSPS) is 24.2. The summed E-state index contributed by atoms with van der Waals surface area (Å²) >= 11 is 1.81. The molecule has 0 aromatic carbocycles. The molecule has 3 heteroatoms. The number of allylic oxidation sites excluding steroid dienone is 2. The summed E-state index contributed by atoms with van der Waals surface area (Å²) in [5.41, 5.74) is 4.08. The molecule has 16 heavy (non-hydrogen) atoms. The Morgan fingerprint density at radius 1 is 1.50 bits per heavy atom. The summed E-state index contributed by atoms with van der Waals surface area (Å²) in [6.07, 6.45) is 6.39. The molecule has 2 aliphatic heterocycles. The molecule has 0 unspecified atom stereocenters. The third-order valence-corrected chi connectivity index (χ3v) is 4.18. The highest BCUT2D eigenvalue weighted by Gasteiger charge is 2.27. The van der Waals surface area contributed by atoms with Crippen LogP contribution in [0.5, 0.6) is 0 Å². The molecular formula is C13H15NOS. The van der Waals surface area contributed by atoms with Crippen LogP contribution in [0.15, 0.2) is 35.0 Å². The van der Waals surface area contributed by atoms with Gasteiger partial charge in [0, 0.05) is 10.6 Å². The van der Waals surface area contributed by atoms with Gasteiger partial charge in [0.1, 0.15) is 6.10 Å². The van der Waals surface area contributed by atoms with Crippen molar-refractivity contribution in [1.29, 1.82) is 0 Å². The lowest BCUT2D eigenvalue weighted by molar-refractivity contribution is 0.0657. The van der Waals surface area contributed by atoms with E-state index in [2.05, 4.69) is 29.8 Å². The second kappa shape index (κ2) is 4.07. The molecule has 2 aliphatic rings. The maximum atomic E-state index is 5.93. The lowest BCUT2D eigenvalue weighted by atomic mass is 10.00. The number of thiophene rings is 1. The van der Waals surface area contributed by atoms with Crippen LogP contribution in [0, 0.1) is 0 Å². The molecule has 84 valence electrons. The van der Waals surface area contributed by atoms with E-state index < -0.39 is 0 Å². The van der Waals surface area contributed by atoms with Gasteiger partial charge in [-0.05, 0) is 48.5 Å². The third kappa shape index (κ3) is 1.60. The molecule has 0 amide bonds. The molecule has 3 rings (SSSR count). The Hall–Kier alpha value is -1.06. The van der Waals surface area contributed by atoms with Crippen molar-refractivity contribution in [2.75, 3.05) is 6.61 Å². The van der Waals surface area contributed by atoms with Gasteiger partial charge in [0.15, 0.2) is 0 Å². The molecule has 0 aliphatic carbocycles.